The number of hydrogen-bond acceptors (Lipinski definition) is 4. The van der Waals surface area contributed by atoms with Gasteiger partial charge in [0.05, 0.1) is 0 Å². The molecule has 0 saturated heterocycles. The van der Waals surface area contributed by atoms with Crippen LogP contribution in [-0.4, -0.2) is 15.9 Å². The summed E-state index contributed by atoms with van der Waals surface area (Å²) in [6.07, 6.45) is -4.46. The lowest BCUT2D eigenvalue weighted by Crippen LogP contribution is -2.07. The lowest BCUT2D eigenvalue weighted by molar-refractivity contribution is -0.146. The van der Waals surface area contributed by atoms with Gasteiger partial charge in [0, 0.05) is 12.8 Å². The van der Waals surface area contributed by atoms with Crippen LogP contribution in [0, 0.1) is 0 Å². The summed E-state index contributed by atoms with van der Waals surface area (Å²) in [4.78, 5) is 13.6. The molecule has 0 fully saturated rings. The molecule has 0 aromatic carbocycles. The predicted octanol–water partition coefficient (Wildman–Crippen LogP) is 1.61. The number of aryl methyl sites for hydroxylation is 1. The first kappa shape index (κ1) is 10.7. The average Bonchev–Trinajstić information content (AvgIpc) is 2.47. The fourth-order valence-corrected chi connectivity index (χ4v) is 0.755. The normalized spacial score (nSPS) is 11.7. The Bertz CT molecular complexity index is 332. The molecule has 78 valence electrons. The zero-order chi connectivity index (χ0) is 10.8. The predicted molar refractivity (Wildman–Crippen MR) is 38.3 cm³/mol. The number of carbonyl (C=O) groups excluding carboxylic acids is 1. The van der Waals surface area contributed by atoms with Gasteiger partial charge in [-0.25, -0.2) is 0 Å². The Balaban J connectivity index is 2.64. The highest BCUT2D eigenvalue weighted by Crippen LogP contribution is 2.26. The maximum Gasteiger partial charge on any atom is 0.455 e. The topological polar surface area (TPSA) is 56.0 Å². The molecule has 0 aliphatic rings. The van der Waals surface area contributed by atoms with Gasteiger partial charge < -0.3 is 9.32 Å². The van der Waals surface area contributed by atoms with Crippen molar-refractivity contribution < 1.29 is 22.5 Å². The fourth-order valence-electron chi connectivity index (χ4n) is 0.755. The number of carbonyl (C=O) groups is 1. The first-order valence-electron chi connectivity index (χ1n) is 3.79. The Morgan fingerprint density at radius 2 is 2.14 bits per heavy atom. The minimum atomic E-state index is -4.60. The van der Waals surface area contributed by atoms with Crippen LogP contribution in [0.5, 0.6) is 0 Å². The van der Waals surface area contributed by atoms with Crippen LogP contribution < -0.4 is 0 Å². The van der Waals surface area contributed by atoms with Crippen molar-refractivity contribution in [2.45, 2.75) is 25.9 Å². The number of hydrogen-bond donors (Lipinski definition) is 0. The second kappa shape index (κ2) is 3.77. The summed E-state index contributed by atoms with van der Waals surface area (Å²) in [7, 11) is 0. The van der Waals surface area contributed by atoms with E-state index in [9.17, 15) is 18.0 Å². The average molecular weight is 208 g/mol. The van der Waals surface area contributed by atoms with E-state index in [2.05, 4.69) is 14.7 Å². The van der Waals surface area contributed by atoms with Crippen LogP contribution in [-0.2, 0) is 17.4 Å². The largest absolute Gasteiger partial charge is 0.455 e. The fraction of sp³-hybridized carbons (Fsp3) is 0.571. The first-order valence-corrected chi connectivity index (χ1v) is 3.79. The molecular weight excluding hydrogens is 201 g/mol. The summed E-state index contributed by atoms with van der Waals surface area (Å²) in [5.74, 6) is -1.62. The van der Waals surface area contributed by atoms with Gasteiger partial charge in [-0.2, -0.15) is 18.2 Å². The Morgan fingerprint density at radius 1 is 1.50 bits per heavy atom. The second-order valence-corrected chi connectivity index (χ2v) is 2.71. The van der Waals surface area contributed by atoms with Gasteiger partial charge in [-0.1, -0.05) is 5.16 Å². The van der Waals surface area contributed by atoms with E-state index in [1.165, 1.54) is 6.92 Å². The molecule has 1 heterocycles. The zero-order valence-corrected chi connectivity index (χ0v) is 7.26. The third kappa shape index (κ3) is 2.82. The summed E-state index contributed by atoms with van der Waals surface area (Å²) in [6, 6.07) is 0. The van der Waals surface area contributed by atoms with Crippen molar-refractivity contribution in [1.82, 2.24) is 10.1 Å². The van der Waals surface area contributed by atoms with Gasteiger partial charge in [0.15, 0.2) is 0 Å². The van der Waals surface area contributed by atoms with Gasteiger partial charge in [-0.15, -0.1) is 0 Å². The zero-order valence-electron chi connectivity index (χ0n) is 7.26. The van der Waals surface area contributed by atoms with E-state index in [1.807, 2.05) is 0 Å². The first-order chi connectivity index (χ1) is 6.39. The smallest absolute Gasteiger partial charge is 0.339 e. The van der Waals surface area contributed by atoms with Gasteiger partial charge in [-0.3, -0.25) is 0 Å². The number of aromatic nitrogens is 2. The number of Topliss-reactive ketones (excluding diaryl/α,β-unsaturated/α-hetero) is 1. The number of halogens is 3. The number of alkyl halides is 3. The van der Waals surface area contributed by atoms with Crippen LogP contribution in [0.1, 0.15) is 25.1 Å². The lowest BCUT2D eigenvalue weighted by atomic mass is 10.2. The molecule has 0 N–H and O–H groups in total. The van der Waals surface area contributed by atoms with Gasteiger partial charge >= 0.3 is 6.18 Å². The van der Waals surface area contributed by atoms with E-state index in [-0.39, 0.29) is 24.5 Å². The van der Waals surface area contributed by atoms with Crippen molar-refractivity contribution in [1.29, 1.82) is 0 Å². The summed E-state index contributed by atoms with van der Waals surface area (Å²) >= 11 is 0. The molecule has 0 aliphatic heterocycles. The monoisotopic (exact) mass is 208 g/mol. The maximum absolute atomic E-state index is 11.9. The van der Waals surface area contributed by atoms with Crippen molar-refractivity contribution in [3.05, 3.63) is 11.7 Å². The third-order valence-electron chi connectivity index (χ3n) is 1.41. The van der Waals surface area contributed by atoms with Gasteiger partial charge in [0.2, 0.25) is 5.89 Å². The Morgan fingerprint density at radius 3 is 2.57 bits per heavy atom. The molecule has 0 atom stereocenters. The van der Waals surface area contributed by atoms with Crippen molar-refractivity contribution in [3.8, 4) is 0 Å². The molecule has 0 unspecified atom stereocenters. The Labute approximate surface area is 77.1 Å². The van der Waals surface area contributed by atoms with Gasteiger partial charge in [-0.05, 0) is 6.92 Å². The number of nitrogens with zero attached hydrogens (tertiary/aromatic N) is 2. The van der Waals surface area contributed by atoms with Crippen LogP contribution in [0.15, 0.2) is 4.52 Å². The molecule has 7 heteroatoms. The third-order valence-corrected chi connectivity index (χ3v) is 1.41. The summed E-state index contributed by atoms with van der Waals surface area (Å²) in [6.45, 7) is 1.33. The molecule has 0 amide bonds. The van der Waals surface area contributed by atoms with Crippen LogP contribution in [0.3, 0.4) is 0 Å². The van der Waals surface area contributed by atoms with E-state index >= 15 is 0 Å². The van der Waals surface area contributed by atoms with E-state index in [0.717, 1.165) is 0 Å². The quantitative estimate of drug-likeness (QED) is 0.757. The SMILES string of the molecule is CC(=O)CCc1nc(C(F)(F)F)no1. The van der Waals surface area contributed by atoms with Crippen LogP contribution in [0.2, 0.25) is 0 Å². The van der Waals surface area contributed by atoms with Crippen LogP contribution in [0.25, 0.3) is 0 Å². The molecule has 0 radical (unpaired) electrons. The van der Waals surface area contributed by atoms with Gasteiger partial charge in [0.1, 0.15) is 5.78 Å². The number of ketones is 1. The molecule has 4 nitrogen and oxygen atoms in total. The molecule has 0 bridgehead atoms. The Kier molecular flexibility index (Phi) is 2.87. The van der Waals surface area contributed by atoms with E-state index < -0.39 is 12.0 Å². The van der Waals surface area contributed by atoms with Gasteiger partial charge in [0.25, 0.3) is 5.82 Å². The standard InChI is InChI=1S/C7H7F3N2O2/c1-4(13)2-3-5-11-6(12-14-5)7(8,9)10/h2-3H2,1H3. The number of rotatable bonds is 3. The minimum absolute atomic E-state index is 0.0401. The molecule has 0 aliphatic carbocycles. The molecule has 0 saturated carbocycles. The van der Waals surface area contributed by atoms with Crippen molar-refractivity contribution >= 4 is 5.78 Å². The lowest BCUT2D eigenvalue weighted by Gasteiger charge is -1.96. The van der Waals surface area contributed by atoms with Crippen molar-refractivity contribution in [2.75, 3.05) is 0 Å². The van der Waals surface area contributed by atoms with Crippen LogP contribution >= 0.6 is 0 Å². The van der Waals surface area contributed by atoms with Crippen LogP contribution in [0.4, 0.5) is 13.2 Å². The highest BCUT2D eigenvalue weighted by atomic mass is 19.4. The second-order valence-electron chi connectivity index (χ2n) is 2.71. The summed E-state index contributed by atoms with van der Waals surface area (Å²) in [5.41, 5.74) is 0. The van der Waals surface area contributed by atoms with Crippen molar-refractivity contribution in [2.24, 2.45) is 0 Å². The molecule has 1 aromatic rings. The molecule has 1 aromatic heterocycles. The van der Waals surface area contributed by atoms with E-state index in [4.69, 9.17) is 0 Å². The highest BCUT2D eigenvalue weighted by Gasteiger charge is 2.37. The van der Waals surface area contributed by atoms with E-state index in [0.29, 0.717) is 0 Å². The summed E-state index contributed by atoms with van der Waals surface area (Å²) < 4.78 is 40.2. The molecular formula is C7H7F3N2O2. The molecule has 14 heavy (non-hydrogen) atoms. The molecule has 0 spiro atoms. The summed E-state index contributed by atoms with van der Waals surface area (Å²) in [5, 5.41) is 2.74. The highest BCUT2D eigenvalue weighted by molar-refractivity contribution is 5.75. The van der Waals surface area contributed by atoms with E-state index in [1.54, 1.807) is 0 Å². The van der Waals surface area contributed by atoms with Crippen molar-refractivity contribution in [3.63, 3.8) is 0 Å². The maximum atomic E-state index is 11.9. The molecule has 1 rings (SSSR count). The minimum Gasteiger partial charge on any atom is -0.339 e. The Hall–Kier alpha value is -1.40.